The Kier molecular flexibility index (Phi) is 5.38. The van der Waals surface area contributed by atoms with Crippen molar-refractivity contribution >= 4 is 23.2 Å². The highest BCUT2D eigenvalue weighted by atomic mass is 16.3. The van der Waals surface area contributed by atoms with Gasteiger partial charge in [-0.2, -0.15) is 0 Å². The second kappa shape index (κ2) is 7.88. The lowest BCUT2D eigenvalue weighted by Crippen LogP contribution is -2.30. The molecule has 2 heterocycles. The smallest absolute Gasteiger partial charge is 0.248 e. The maximum absolute atomic E-state index is 12.3. The van der Waals surface area contributed by atoms with E-state index in [9.17, 15) is 9.59 Å². The molecule has 1 fully saturated rings. The number of hydrogen-bond acceptors (Lipinski definition) is 4. The fraction of sp³-hybridized carbons (Fsp3) is 0.368. The molecule has 2 aromatic rings. The van der Waals surface area contributed by atoms with Crippen molar-refractivity contribution < 1.29 is 14.0 Å². The second-order valence-corrected chi connectivity index (χ2v) is 6.27. The van der Waals surface area contributed by atoms with Gasteiger partial charge in [-0.3, -0.25) is 9.59 Å². The van der Waals surface area contributed by atoms with Crippen LogP contribution in [0.1, 0.15) is 41.8 Å². The summed E-state index contributed by atoms with van der Waals surface area (Å²) >= 11 is 0. The molecule has 1 aromatic heterocycles. The lowest BCUT2D eigenvalue weighted by atomic mass is 10.1. The molecule has 6 nitrogen and oxygen atoms in total. The summed E-state index contributed by atoms with van der Waals surface area (Å²) in [5.41, 5.74) is 7.36. The highest BCUT2D eigenvalue weighted by molar-refractivity contribution is 5.99. The normalized spacial score (nSPS) is 14.3. The Morgan fingerprint density at radius 1 is 1.16 bits per heavy atom. The average molecular weight is 341 g/mol. The molecule has 1 aliphatic rings. The minimum absolute atomic E-state index is 0.115. The molecule has 0 bridgehead atoms. The van der Waals surface area contributed by atoms with Crippen molar-refractivity contribution in [2.75, 3.05) is 23.3 Å². The maximum Gasteiger partial charge on any atom is 0.248 e. The highest BCUT2D eigenvalue weighted by Crippen LogP contribution is 2.30. The van der Waals surface area contributed by atoms with Gasteiger partial charge in [0, 0.05) is 31.5 Å². The van der Waals surface area contributed by atoms with E-state index in [2.05, 4.69) is 10.2 Å². The van der Waals surface area contributed by atoms with Crippen molar-refractivity contribution in [2.45, 2.75) is 32.1 Å². The molecule has 25 heavy (non-hydrogen) atoms. The van der Waals surface area contributed by atoms with E-state index >= 15 is 0 Å². The van der Waals surface area contributed by atoms with Gasteiger partial charge in [-0.25, -0.2) is 0 Å². The molecule has 0 aliphatic carbocycles. The predicted octanol–water partition coefficient (Wildman–Crippen LogP) is 2.94. The molecule has 1 aliphatic heterocycles. The van der Waals surface area contributed by atoms with Crippen LogP contribution in [0.2, 0.25) is 0 Å². The third-order valence-electron chi connectivity index (χ3n) is 4.43. The number of amides is 2. The number of nitrogens with zero attached hydrogens (tertiary/aromatic N) is 1. The van der Waals surface area contributed by atoms with Crippen LogP contribution in [0.25, 0.3) is 0 Å². The summed E-state index contributed by atoms with van der Waals surface area (Å²) in [6.45, 7) is 1.90. The monoisotopic (exact) mass is 341 g/mol. The van der Waals surface area contributed by atoms with E-state index in [0.717, 1.165) is 37.4 Å². The molecule has 1 aromatic carbocycles. The van der Waals surface area contributed by atoms with E-state index in [1.54, 1.807) is 24.5 Å². The Bertz CT molecular complexity index is 734. The maximum atomic E-state index is 12.3. The van der Waals surface area contributed by atoms with E-state index in [1.165, 1.54) is 6.42 Å². The number of anilines is 2. The summed E-state index contributed by atoms with van der Waals surface area (Å²) in [6, 6.07) is 8.90. The summed E-state index contributed by atoms with van der Waals surface area (Å²) in [5.74, 6) is 0.157. The van der Waals surface area contributed by atoms with E-state index in [-0.39, 0.29) is 5.91 Å². The van der Waals surface area contributed by atoms with Crippen molar-refractivity contribution in [3.63, 3.8) is 0 Å². The van der Waals surface area contributed by atoms with Crippen LogP contribution in [-0.4, -0.2) is 24.9 Å². The molecule has 1 saturated heterocycles. The quantitative estimate of drug-likeness (QED) is 0.845. The lowest BCUT2D eigenvalue weighted by molar-refractivity contribution is -0.116. The van der Waals surface area contributed by atoms with Crippen molar-refractivity contribution in [1.29, 1.82) is 0 Å². The van der Waals surface area contributed by atoms with Gasteiger partial charge < -0.3 is 20.4 Å². The lowest BCUT2D eigenvalue weighted by Gasteiger charge is -2.30. The van der Waals surface area contributed by atoms with Crippen LogP contribution in [-0.2, 0) is 11.2 Å². The second-order valence-electron chi connectivity index (χ2n) is 6.27. The number of furan rings is 1. The number of rotatable bonds is 6. The fourth-order valence-electron chi connectivity index (χ4n) is 3.10. The molecule has 132 valence electrons. The molecule has 3 N–H and O–H groups in total. The van der Waals surface area contributed by atoms with Gasteiger partial charge in [0.15, 0.2) is 0 Å². The van der Waals surface area contributed by atoms with Crippen molar-refractivity contribution in [3.05, 3.63) is 47.9 Å². The average Bonchev–Trinajstić information content (AvgIpc) is 3.14. The van der Waals surface area contributed by atoms with Gasteiger partial charge in [-0.1, -0.05) is 0 Å². The molecule has 0 unspecified atom stereocenters. The van der Waals surface area contributed by atoms with E-state index in [0.29, 0.717) is 24.1 Å². The van der Waals surface area contributed by atoms with E-state index < -0.39 is 5.91 Å². The Labute approximate surface area is 147 Å². The van der Waals surface area contributed by atoms with Crippen molar-refractivity contribution in [2.24, 2.45) is 5.73 Å². The number of hydrogen-bond donors (Lipinski definition) is 2. The molecule has 2 amide bonds. The van der Waals surface area contributed by atoms with Crippen LogP contribution < -0.4 is 16.0 Å². The number of carbonyl (C=O) groups excluding carboxylic acids is 2. The van der Waals surface area contributed by atoms with E-state index in [4.69, 9.17) is 10.2 Å². The largest absolute Gasteiger partial charge is 0.469 e. The Hall–Kier alpha value is -2.76. The number of nitrogens with one attached hydrogen (secondary N) is 1. The van der Waals surface area contributed by atoms with Crippen LogP contribution in [0.5, 0.6) is 0 Å². The Morgan fingerprint density at radius 3 is 2.64 bits per heavy atom. The van der Waals surface area contributed by atoms with Gasteiger partial charge in [0.2, 0.25) is 11.8 Å². The number of carbonyl (C=O) groups is 2. The zero-order valence-corrected chi connectivity index (χ0v) is 14.2. The number of primary amides is 1. The van der Waals surface area contributed by atoms with Crippen LogP contribution >= 0.6 is 0 Å². The molecule has 0 radical (unpaired) electrons. The Balaban J connectivity index is 1.75. The first kappa shape index (κ1) is 17.1. The number of benzene rings is 1. The van der Waals surface area contributed by atoms with E-state index in [1.807, 2.05) is 12.1 Å². The molecule has 6 heteroatoms. The number of piperidine rings is 1. The first-order valence-corrected chi connectivity index (χ1v) is 8.64. The number of aryl methyl sites for hydroxylation is 1. The molecular formula is C19H23N3O3. The topological polar surface area (TPSA) is 88.6 Å². The van der Waals surface area contributed by atoms with Crippen molar-refractivity contribution in [3.8, 4) is 0 Å². The van der Waals surface area contributed by atoms with Crippen LogP contribution in [0.4, 0.5) is 11.4 Å². The van der Waals surface area contributed by atoms with Crippen molar-refractivity contribution in [1.82, 2.24) is 0 Å². The van der Waals surface area contributed by atoms with Gasteiger partial charge in [0.1, 0.15) is 5.76 Å². The summed E-state index contributed by atoms with van der Waals surface area (Å²) in [6.07, 6.45) is 5.92. The Morgan fingerprint density at radius 2 is 1.96 bits per heavy atom. The third kappa shape index (κ3) is 4.41. The zero-order valence-electron chi connectivity index (χ0n) is 14.2. The minimum Gasteiger partial charge on any atom is -0.469 e. The van der Waals surface area contributed by atoms with Gasteiger partial charge >= 0.3 is 0 Å². The van der Waals surface area contributed by atoms with Crippen LogP contribution in [0.3, 0.4) is 0 Å². The highest BCUT2D eigenvalue weighted by Gasteiger charge is 2.17. The summed E-state index contributed by atoms with van der Waals surface area (Å²) in [4.78, 5) is 26.1. The predicted molar refractivity (Wildman–Crippen MR) is 96.7 cm³/mol. The molecule has 0 spiro atoms. The first-order valence-electron chi connectivity index (χ1n) is 8.64. The molecular weight excluding hydrogens is 318 g/mol. The standard InChI is InChI=1S/C19H23N3O3/c20-19(24)14-6-8-17(22-10-2-1-3-11-22)16(13-14)21-18(23)9-7-15-5-4-12-25-15/h4-6,8,12-13H,1-3,7,9-11H2,(H2,20,24)(H,21,23). The fourth-order valence-corrected chi connectivity index (χ4v) is 3.10. The summed E-state index contributed by atoms with van der Waals surface area (Å²) in [7, 11) is 0. The van der Waals surface area contributed by atoms with Gasteiger partial charge in [-0.15, -0.1) is 0 Å². The number of nitrogens with two attached hydrogens (primary N) is 1. The van der Waals surface area contributed by atoms with Crippen LogP contribution in [0.15, 0.2) is 41.0 Å². The molecule has 3 rings (SSSR count). The summed E-state index contributed by atoms with van der Waals surface area (Å²) in [5, 5.41) is 2.94. The van der Waals surface area contributed by atoms with Crippen LogP contribution in [0, 0.1) is 0 Å². The SMILES string of the molecule is NC(=O)c1ccc(N2CCCCC2)c(NC(=O)CCc2ccco2)c1. The zero-order chi connectivity index (χ0) is 17.6. The van der Waals surface area contributed by atoms with Gasteiger partial charge in [0.25, 0.3) is 0 Å². The van der Waals surface area contributed by atoms with Gasteiger partial charge in [-0.05, 0) is 49.6 Å². The third-order valence-corrected chi connectivity index (χ3v) is 4.43. The molecule has 0 atom stereocenters. The summed E-state index contributed by atoms with van der Waals surface area (Å²) < 4.78 is 5.25. The molecule has 0 saturated carbocycles. The first-order chi connectivity index (χ1) is 12.1. The van der Waals surface area contributed by atoms with Gasteiger partial charge in [0.05, 0.1) is 17.6 Å². The minimum atomic E-state index is -0.503.